The molecule has 0 radical (unpaired) electrons. The average molecular weight is 558 g/mol. The molecular weight excluding hydrogens is 494 g/mol. The Bertz CT molecular complexity index is 1030. The molecule has 1 saturated carbocycles. The second-order valence-corrected chi connectivity index (χ2v) is 10.0. The van der Waals surface area contributed by atoms with Crippen LogP contribution in [0.25, 0.3) is 5.57 Å². The topological polar surface area (TPSA) is 12.4 Å². The number of nitrogens with zero attached hydrogens (tertiary/aromatic N) is 1. The fraction of sp³-hybridized carbons (Fsp3) is 0.475. The van der Waals surface area contributed by atoms with Gasteiger partial charge < -0.3 is 0 Å². The monoisotopic (exact) mass is 557 g/mol. The molecule has 0 saturated heterocycles. The van der Waals surface area contributed by atoms with Crippen molar-refractivity contribution in [2.24, 2.45) is 4.99 Å². The number of rotatable bonds is 5. The summed E-state index contributed by atoms with van der Waals surface area (Å²) in [4.78, 5) is 4.47. The van der Waals surface area contributed by atoms with Crippen LogP contribution in [0.5, 0.6) is 0 Å². The molecule has 1 aliphatic carbocycles. The number of hydrogen-bond acceptors (Lipinski definition) is 1. The van der Waals surface area contributed by atoms with Crippen molar-refractivity contribution in [2.45, 2.75) is 121 Å². The summed E-state index contributed by atoms with van der Waals surface area (Å²) in [7, 11) is 0. The molecular formula is C40H63N. The van der Waals surface area contributed by atoms with Crippen LogP contribution in [0.15, 0.2) is 101 Å². The van der Waals surface area contributed by atoms with E-state index in [9.17, 15) is 0 Å². The molecule has 1 aliphatic heterocycles. The minimum absolute atomic E-state index is 0.772. The summed E-state index contributed by atoms with van der Waals surface area (Å²) in [6.07, 6.45) is 16.6. The quantitative estimate of drug-likeness (QED) is 0.256. The second kappa shape index (κ2) is 27.3. The molecule has 0 spiro atoms. The number of benzene rings is 2. The van der Waals surface area contributed by atoms with Crippen LogP contribution in [0, 0.1) is 6.92 Å². The van der Waals surface area contributed by atoms with Crippen LogP contribution in [0.3, 0.4) is 0 Å². The summed E-state index contributed by atoms with van der Waals surface area (Å²) in [6, 6.07) is 19.3. The van der Waals surface area contributed by atoms with E-state index in [2.05, 4.69) is 120 Å². The molecule has 1 heterocycles. The van der Waals surface area contributed by atoms with Gasteiger partial charge in [0.05, 0.1) is 6.54 Å². The van der Waals surface area contributed by atoms with Gasteiger partial charge in [-0.25, -0.2) is 0 Å². The third kappa shape index (κ3) is 19.7. The van der Waals surface area contributed by atoms with Crippen molar-refractivity contribution < 1.29 is 0 Å². The van der Waals surface area contributed by atoms with E-state index in [1.807, 2.05) is 40.8 Å². The first kappa shape index (κ1) is 40.2. The van der Waals surface area contributed by atoms with Crippen molar-refractivity contribution in [2.75, 3.05) is 6.54 Å². The van der Waals surface area contributed by atoms with Gasteiger partial charge in [-0.3, -0.25) is 4.99 Å². The highest BCUT2D eigenvalue weighted by atomic mass is 14.7. The maximum Gasteiger partial charge on any atom is 0.0600 e. The van der Waals surface area contributed by atoms with Crippen LogP contribution in [0.4, 0.5) is 0 Å². The van der Waals surface area contributed by atoms with Crippen molar-refractivity contribution in [3.05, 3.63) is 113 Å². The van der Waals surface area contributed by atoms with E-state index in [0.29, 0.717) is 0 Å². The summed E-state index contributed by atoms with van der Waals surface area (Å²) in [5.41, 5.74) is 9.20. The molecule has 2 aliphatic rings. The predicted octanol–water partition coefficient (Wildman–Crippen LogP) is 13.1. The minimum atomic E-state index is 0.772. The zero-order valence-electron chi connectivity index (χ0n) is 28.7. The van der Waals surface area contributed by atoms with Gasteiger partial charge in [-0.2, -0.15) is 0 Å². The molecule has 0 atom stereocenters. The van der Waals surface area contributed by atoms with Crippen LogP contribution in [-0.4, -0.2) is 12.8 Å². The van der Waals surface area contributed by atoms with E-state index >= 15 is 0 Å². The summed E-state index contributed by atoms with van der Waals surface area (Å²) < 4.78 is 0. The van der Waals surface area contributed by atoms with E-state index in [0.717, 1.165) is 12.5 Å². The Kier molecular flexibility index (Phi) is 26.7. The summed E-state index contributed by atoms with van der Waals surface area (Å²) >= 11 is 0. The van der Waals surface area contributed by atoms with Gasteiger partial charge in [-0.15, -0.1) is 6.58 Å². The molecule has 0 bridgehead atoms. The average Bonchev–Trinajstić information content (AvgIpc) is 3.85. The fourth-order valence-corrected chi connectivity index (χ4v) is 3.82. The number of hydrogen-bond donors (Lipinski definition) is 0. The van der Waals surface area contributed by atoms with Gasteiger partial charge in [0.25, 0.3) is 0 Å². The number of aryl methyl sites for hydroxylation is 1. The lowest BCUT2D eigenvalue weighted by Crippen LogP contribution is -1.89. The van der Waals surface area contributed by atoms with Gasteiger partial charge in [0.15, 0.2) is 0 Å². The van der Waals surface area contributed by atoms with Gasteiger partial charge in [0, 0.05) is 6.21 Å². The lowest BCUT2D eigenvalue weighted by molar-refractivity contribution is 0.702. The van der Waals surface area contributed by atoms with E-state index < -0.39 is 0 Å². The highest BCUT2D eigenvalue weighted by Gasteiger charge is 2.22. The Morgan fingerprint density at radius 2 is 1.27 bits per heavy atom. The smallest absolute Gasteiger partial charge is 0.0600 e. The highest BCUT2D eigenvalue weighted by molar-refractivity contribution is 5.84. The number of allylic oxidation sites excluding steroid dienone is 6. The molecule has 1 heteroatoms. The molecule has 0 amide bonds. The van der Waals surface area contributed by atoms with Gasteiger partial charge in [0.1, 0.15) is 0 Å². The lowest BCUT2D eigenvalue weighted by Gasteiger charge is -2.09. The molecule has 41 heavy (non-hydrogen) atoms. The zero-order chi connectivity index (χ0) is 31.5. The standard InChI is InChI=1S/C18H21N.C9H10.C6H14.C3H6.2C2H6/c1-13-9-17(18-8-6-5-7-14(18)2)10-15(3)16(4)12-19-11-13;1-2-4-8(5-3-1)9-6-7-9;1-3-5-6-4-2;1-3-2;2*1-2/h5-10,12H,11H2,1-4H3;1-5,9H,6-7H2;3-6H2,1-2H3;3H,1H2,2H3;2*1-2H3/b13-9-,16-15+,17-10+,19-12?;;;;;. The number of aliphatic imine (C=N–C) groups is 1. The van der Waals surface area contributed by atoms with E-state index in [1.54, 1.807) is 6.08 Å². The largest absolute Gasteiger partial charge is 0.288 e. The molecule has 228 valence electrons. The van der Waals surface area contributed by atoms with Crippen LogP contribution in [0.2, 0.25) is 0 Å². The van der Waals surface area contributed by atoms with Crippen molar-refractivity contribution in [3.63, 3.8) is 0 Å². The van der Waals surface area contributed by atoms with Crippen molar-refractivity contribution in [1.82, 2.24) is 0 Å². The Morgan fingerprint density at radius 1 is 0.756 bits per heavy atom. The summed E-state index contributed by atoms with van der Waals surface area (Å²) in [5, 5.41) is 0. The van der Waals surface area contributed by atoms with Gasteiger partial charge in [0.2, 0.25) is 0 Å². The molecule has 0 N–H and O–H groups in total. The summed E-state index contributed by atoms with van der Waals surface area (Å²) in [5.74, 6) is 0.909. The van der Waals surface area contributed by atoms with Crippen molar-refractivity contribution in [1.29, 1.82) is 0 Å². The highest BCUT2D eigenvalue weighted by Crippen LogP contribution is 2.39. The predicted molar refractivity (Wildman–Crippen MR) is 191 cm³/mol. The van der Waals surface area contributed by atoms with Crippen LogP contribution in [-0.2, 0) is 0 Å². The Hall–Kier alpha value is -2.93. The Morgan fingerprint density at radius 3 is 1.76 bits per heavy atom. The molecule has 0 aromatic heterocycles. The molecule has 1 fully saturated rings. The van der Waals surface area contributed by atoms with Gasteiger partial charge in [-0.1, -0.05) is 146 Å². The molecule has 2 aromatic carbocycles. The Balaban J connectivity index is 0. The van der Waals surface area contributed by atoms with Gasteiger partial charge >= 0.3 is 0 Å². The first-order valence-electron chi connectivity index (χ1n) is 16.1. The maximum absolute atomic E-state index is 4.47. The first-order valence-corrected chi connectivity index (χ1v) is 16.1. The third-order valence-electron chi connectivity index (χ3n) is 6.28. The van der Waals surface area contributed by atoms with Crippen LogP contribution < -0.4 is 0 Å². The van der Waals surface area contributed by atoms with Crippen molar-refractivity contribution in [3.8, 4) is 0 Å². The van der Waals surface area contributed by atoms with E-state index in [4.69, 9.17) is 0 Å². The molecule has 1 nitrogen and oxygen atoms in total. The normalized spacial score (nSPS) is 17.7. The zero-order valence-corrected chi connectivity index (χ0v) is 28.7. The maximum atomic E-state index is 4.47. The van der Waals surface area contributed by atoms with Crippen LogP contribution >= 0.6 is 0 Å². The lowest BCUT2D eigenvalue weighted by atomic mass is 9.96. The molecule has 2 aromatic rings. The van der Waals surface area contributed by atoms with Crippen molar-refractivity contribution >= 4 is 11.8 Å². The minimum Gasteiger partial charge on any atom is -0.288 e. The van der Waals surface area contributed by atoms with Gasteiger partial charge in [-0.05, 0) is 86.8 Å². The third-order valence-corrected chi connectivity index (χ3v) is 6.28. The first-order chi connectivity index (χ1) is 19.9. The number of unbranched alkanes of at least 4 members (excludes halogenated alkanes) is 3. The second-order valence-electron chi connectivity index (χ2n) is 10.0. The SMILES string of the molecule is C/C1=C/C(c2ccccc2C)=C\C(C)=C(/C)C=NC1.C=CC.CC.CC.CCCCCC.c1ccc(C2CC2)cc1. The molecule has 4 rings (SSSR count). The Labute approximate surface area is 256 Å². The van der Waals surface area contributed by atoms with E-state index in [1.165, 1.54) is 77.5 Å². The van der Waals surface area contributed by atoms with E-state index in [-0.39, 0.29) is 0 Å². The van der Waals surface area contributed by atoms with Crippen LogP contribution in [0.1, 0.15) is 130 Å². The summed E-state index contributed by atoms with van der Waals surface area (Å²) in [6.45, 7) is 27.0. The molecule has 0 unspecified atom stereocenters. The fourth-order valence-electron chi connectivity index (χ4n) is 3.82.